The fraction of sp³-hybridized carbons (Fsp3) is 0.258. The van der Waals surface area contributed by atoms with Crippen LogP contribution in [0.25, 0.3) is 22.5 Å². The third-order valence-electron chi connectivity index (χ3n) is 7.39. The number of hydrogen-bond donors (Lipinski definition) is 1. The molecule has 0 amide bonds. The number of benzene rings is 3. The van der Waals surface area contributed by atoms with E-state index in [0.29, 0.717) is 25.6 Å². The molecule has 3 aromatic carbocycles. The first-order chi connectivity index (χ1) is 20.1. The first kappa shape index (κ1) is 26.2. The number of aryl methyl sites for hydroxylation is 1. The van der Waals surface area contributed by atoms with Crippen molar-refractivity contribution in [1.29, 1.82) is 0 Å². The number of carbonyl (C=O) groups is 1. The zero-order valence-electron chi connectivity index (χ0n) is 23.2. The largest absolute Gasteiger partial charge is 0.468 e. The molecule has 1 N–H and O–H groups in total. The molecule has 6 rings (SSSR count). The van der Waals surface area contributed by atoms with Gasteiger partial charge in [-0.15, -0.1) is 5.10 Å². The van der Waals surface area contributed by atoms with Crippen LogP contribution in [0.2, 0.25) is 0 Å². The number of rotatable bonds is 9. The third kappa shape index (κ3) is 5.41. The molecule has 0 unspecified atom stereocenters. The van der Waals surface area contributed by atoms with Crippen LogP contribution in [0.3, 0.4) is 0 Å². The summed E-state index contributed by atoms with van der Waals surface area (Å²) in [5, 5.41) is 14.4. The maximum Gasteiger partial charge on any atom is 0.325 e. The molecule has 10 heteroatoms. The highest BCUT2D eigenvalue weighted by Crippen LogP contribution is 2.33. The highest BCUT2D eigenvalue weighted by molar-refractivity contribution is 5.80. The molecule has 3 heterocycles. The number of carbonyl (C=O) groups excluding carboxylic acids is 1. The van der Waals surface area contributed by atoms with E-state index in [2.05, 4.69) is 79.5 Å². The van der Waals surface area contributed by atoms with Gasteiger partial charge in [0, 0.05) is 24.2 Å². The summed E-state index contributed by atoms with van der Waals surface area (Å²) in [7, 11) is 1.42. The maximum absolute atomic E-state index is 12.4. The number of fused-ring (bicyclic) bond motifs is 1. The molecule has 41 heavy (non-hydrogen) atoms. The van der Waals surface area contributed by atoms with Crippen LogP contribution >= 0.6 is 0 Å². The van der Waals surface area contributed by atoms with Gasteiger partial charge in [-0.2, -0.15) is 0 Å². The summed E-state index contributed by atoms with van der Waals surface area (Å²) >= 11 is 0. The molecule has 0 fully saturated rings. The monoisotopic (exact) mass is 548 g/mol. The first-order valence-electron chi connectivity index (χ1n) is 13.8. The van der Waals surface area contributed by atoms with Crippen LogP contribution in [0.1, 0.15) is 30.4 Å². The lowest BCUT2D eigenvalue weighted by molar-refractivity contribution is -0.139. The Morgan fingerprint density at radius 3 is 2.44 bits per heavy atom. The van der Waals surface area contributed by atoms with Crippen LogP contribution in [-0.2, 0) is 29.0 Å². The van der Waals surface area contributed by atoms with Crippen LogP contribution in [0.15, 0.2) is 78.9 Å². The van der Waals surface area contributed by atoms with Gasteiger partial charge in [-0.1, -0.05) is 73.7 Å². The van der Waals surface area contributed by atoms with Gasteiger partial charge in [-0.05, 0) is 45.7 Å². The summed E-state index contributed by atoms with van der Waals surface area (Å²) in [6.45, 7) is 4.25. The topological polar surface area (TPSA) is 105 Å². The number of tetrazole rings is 1. The second-order valence-corrected chi connectivity index (χ2v) is 10.1. The van der Waals surface area contributed by atoms with Gasteiger partial charge in [0.1, 0.15) is 12.4 Å². The van der Waals surface area contributed by atoms with Crippen molar-refractivity contribution in [3.05, 3.63) is 95.9 Å². The van der Waals surface area contributed by atoms with Gasteiger partial charge < -0.3 is 19.1 Å². The van der Waals surface area contributed by atoms with Crippen molar-refractivity contribution in [2.24, 2.45) is 0 Å². The quantitative estimate of drug-likeness (QED) is 0.265. The molecule has 0 saturated carbocycles. The normalized spacial score (nSPS) is 12.8. The van der Waals surface area contributed by atoms with Crippen molar-refractivity contribution in [1.82, 2.24) is 30.2 Å². The predicted octanol–water partition coefficient (Wildman–Crippen LogP) is 4.69. The lowest BCUT2D eigenvalue weighted by atomic mass is 9.98. The summed E-state index contributed by atoms with van der Waals surface area (Å²) in [6, 6.07) is 27.0. The molecule has 2 aromatic heterocycles. The number of methoxy groups -OCH3 is 1. The molecule has 1 aliphatic rings. The Morgan fingerprint density at radius 2 is 1.73 bits per heavy atom. The number of H-pyrrole nitrogens is 1. The summed E-state index contributed by atoms with van der Waals surface area (Å²) in [6.07, 6.45) is 1.82. The Bertz CT molecular complexity index is 1610. The Balaban J connectivity index is 1.34. The number of nitrogens with zero attached hydrogens (tertiary/aromatic N) is 7. The molecule has 0 saturated heterocycles. The van der Waals surface area contributed by atoms with Crippen LogP contribution in [0.5, 0.6) is 0 Å². The van der Waals surface area contributed by atoms with Gasteiger partial charge in [0.15, 0.2) is 11.6 Å². The SMILES string of the molecule is CCCc1nc2c(n1Cc1ccc(-c3ccccc3-c3nnn[nH]3)cc1)CN(c1ccccc1)CN2CC(=O)OC. The van der Waals surface area contributed by atoms with Crippen molar-refractivity contribution in [2.75, 3.05) is 30.1 Å². The molecule has 0 atom stereocenters. The maximum atomic E-state index is 12.4. The molecular weight excluding hydrogens is 516 g/mol. The van der Waals surface area contributed by atoms with E-state index in [4.69, 9.17) is 9.72 Å². The van der Waals surface area contributed by atoms with E-state index in [9.17, 15) is 4.79 Å². The second-order valence-electron chi connectivity index (χ2n) is 10.1. The Labute approximate surface area is 238 Å². The highest BCUT2D eigenvalue weighted by atomic mass is 16.5. The smallest absolute Gasteiger partial charge is 0.325 e. The molecule has 0 bridgehead atoms. The number of aromatic amines is 1. The minimum absolute atomic E-state index is 0.143. The van der Waals surface area contributed by atoms with Gasteiger partial charge in [0.05, 0.1) is 26.0 Å². The summed E-state index contributed by atoms with van der Waals surface area (Å²) in [5.41, 5.74) is 6.46. The Hall–Kier alpha value is -4.99. The summed E-state index contributed by atoms with van der Waals surface area (Å²) < 4.78 is 7.34. The Kier molecular flexibility index (Phi) is 7.44. The van der Waals surface area contributed by atoms with Crippen LogP contribution in [-0.4, -0.2) is 56.5 Å². The van der Waals surface area contributed by atoms with Crippen molar-refractivity contribution >= 4 is 17.5 Å². The fourth-order valence-corrected chi connectivity index (χ4v) is 5.38. The minimum Gasteiger partial charge on any atom is -0.468 e. The number of imidazole rings is 1. The van der Waals surface area contributed by atoms with Crippen molar-refractivity contribution in [3.63, 3.8) is 0 Å². The van der Waals surface area contributed by atoms with Crippen molar-refractivity contribution < 1.29 is 9.53 Å². The van der Waals surface area contributed by atoms with Gasteiger partial charge >= 0.3 is 5.97 Å². The number of esters is 1. The minimum atomic E-state index is -0.283. The second kappa shape index (κ2) is 11.6. The summed E-state index contributed by atoms with van der Waals surface area (Å²) in [5.74, 6) is 2.24. The molecule has 0 spiro atoms. The molecule has 5 aromatic rings. The number of para-hydroxylation sites is 1. The lowest BCUT2D eigenvalue weighted by Crippen LogP contribution is -2.45. The first-order valence-corrected chi connectivity index (χ1v) is 13.8. The lowest BCUT2D eigenvalue weighted by Gasteiger charge is -2.37. The zero-order chi connectivity index (χ0) is 28.2. The van der Waals surface area contributed by atoms with E-state index in [1.807, 2.05) is 41.3 Å². The van der Waals surface area contributed by atoms with Gasteiger partial charge in [-0.25, -0.2) is 10.1 Å². The number of hydrogen-bond acceptors (Lipinski definition) is 8. The number of anilines is 2. The number of aromatic nitrogens is 6. The predicted molar refractivity (Wildman–Crippen MR) is 157 cm³/mol. The van der Waals surface area contributed by atoms with Crippen molar-refractivity contribution in [2.45, 2.75) is 32.9 Å². The van der Waals surface area contributed by atoms with Crippen LogP contribution in [0, 0.1) is 0 Å². The van der Waals surface area contributed by atoms with E-state index in [1.165, 1.54) is 12.7 Å². The van der Waals surface area contributed by atoms with Crippen molar-refractivity contribution in [3.8, 4) is 22.5 Å². The average molecular weight is 549 g/mol. The van der Waals surface area contributed by atoms with Crippen LogP contribution < -0.4 is 9.80 Å². The van der Waals surface area contributed by atoms with E-state index in [0.717, 1.165) is 52.6 Å². The molecule has 10 nitrogen and oxygen atoms in total. The summed E-state index contributed by atoms with van der Waals surface area (Å²) in [4.78, 5) is 21.7. The molecule has 1 aliphatic heterocycles. The fourth-order valence-electron chi connectivity index (χ4n) is 5.38. The highest BCUT2D eigenvalue weighted by Gasteiger charge is 2.30. The van der Waals surface area contributed by atoms with E-state index in [1.54, 1.807) is 0 Å². The average Bonchev–Trinajstić information content (AvgIpc) is 3.67. The van der Waals surface area contributed by atoms with E-state index < -0.39 is 0 Å². The standard InChI is InChI=1S/C31H32N8O2/c1-3-9-28-32-31-27(19-37(24-10-5-4-6-11-24)21-38(31)20-29(40)41-2)39(28)18-22-14-16-23(17-15-22)25-12-7-8-13-26(25)30-33-35-36-34-30/h4-8,10-17H,3,9,18-21H2,1-2H3,(H,33,34,35,36). The number of ether oxygens (including phenoxy) is 1. The number of nitrogens with one attached hydrogen (secondary N) is 1. The van der Waals surface area contributed by atoms with Gasteiger partial charge in [-0.3, -0.25) is 4.79 Å². The van der Waals surface area contributed by atoms with Gasteiger partial charge in [0.25, 0.3) is 0 Å². The molecule has 0 aliphatic carbocycles. The molecular formula is C31H32N8O2. The third-order valence-corrected chi connectivity index (χ3v) is 7.39. The zero-order valence-corrected chi connectivity index (χ0v) is 23.2. The Morgan fingerprint density at radius 1 is 0.976 bits per heavy atom. The van der Waals surface area contributed by atoms with Gasteiger partial charge in [0.2, 0.25) is 0 Å². The molecule has 208 valence electrons. The van der Waals surface area contributed by atoms with E-state index in [-0.39, 0.29) is 12.5 Å². The van der Waals surface area contributed by atoms with E-state index >= 15 is 0 Å². The molecule has 0 radical (unpaired) electrons. The van der Waals surface area contributed by atoms with Crippen LogP contribution in [0.4, 0.5) is 11.5 Å².